The van der Waals surface area contributed by atoms with Crippen LogP contribution in [0.15, 0.2) is 60.7 Å². The molecule has 3 rings (SSSR count). The summed E-state index contributed by atoms with van der Waals surface area (Å²) in [6.07, 6.45) is 1.48. The molecular weight excluding hydrogens is 376 g/mol. The Bertz CT molecular complexity index is 691. The van der Waals surface area contributed by atoms with Gasteiger partial charge in [-0.25, -0.2) is 0 Å². The SMILES string of the molecule is CCOC(=O)CCN1CCN(CCCOC(c2ccccc2)c2ccccc2)CC1. The highest BCUT2D eigenvalue weighted by atomic mass is 16.5. The normalized spacial score (nSPS) is 15.4. The summed E-state index contributed by atoms with van der Waals surface area (Å²) in [7, 11) is 0. The van der Waals surface area contributed by atoms with E-state index in [0.29, 0.717) is 13.0 Å². The molecule has 5 heteroatoms. The Morgan fingerprint density at radius 2 is 1.40 bits per heavy atom. The lowest BCUT2D eigenvalue weighted by Crippen LogP contribution is -2.47. The van der Waals surface area contributed by atoms with Gasteiger partial charge >= 0.3 is 5.97 Å². The highest BCUT2D eigenvalue weighted by Gasteiger charge is 2.18. The van der Waals surface area contributed by atoms with Crippen LogP contribution in [0.3, 0.4) is 0 Å². The van der Waals surface area contributed by atoms with Crippen LogP contribution in [0.1, 0.15) is 37.0 Å². The summed E-state index contributed by atoms with van der Waals surface area (Å²) in [5.74, 6) is -0.0940. The van der Waals surface area contributed by atoms with Crippen LogP contribution in [-0.4, -0.2) is 68.3 Å². The molecule has 30 heavy (non-hydrogen) atoms. The second-order valence-corrected chi connectivity index (χ2v) is 7.66. The highest BCUT2D eigenvalue weighted by molar-refractivity contribution is 5.69. The van der Waals surface area contributed by atoms with E-state index in [4.69, 9.17) is 9.47 Å². The fourth-order valence-electron chi connectivity index (χ4n) is 3.85. The molecule has 2 aromatic rings. The number of rotatable bonds is 11. The van der Waals surface area contributed by atoms with Crippen LogP contribution >= 0.6 is 0 Å². The quantitative estimate of drug-likeness (QED) is 0.417. The minimum Gasteiger partial charge on any atom is -0.466 e. The van der Waals surface area contributed by atoms with E-state index < -0.39 is 0 Å². The third kappa shape index (κ3) is 7.24. The van der Waals surface area contributed by atoms with Crippen LogP contribution in [0.5, 0.6) is 0 Å². The zero-order valence-electron chi connectivity index (χ0n) is 18.0. The van der Waals surface area contributed by atoms with Crippen LogP contribution < -0.4 is 0 Å². The summed E-state index contributed by atoms with van der Waals surface area (Å²) in [5, 5.41) is 0. The van der Waals surface area contributed by atoms with Crippen molar-refractivity contribution in [3.63, 3.8) is 0 Å². The molecule has 0 bridgehead atoms. The van der Waals surface area contributed by atoms with Crippen molar-refractivity contribution in [1.82, 2.24) is 9.80 Å². The van der Waals surface area contributed by atoms with Crippen molar-refractivity contribution >= 4 is 5.97 Å². The molecule has 0 atom stereocenters. The number of piperazine rings is 1. The Morgan fingerprint density at radius 3 is 1.93 bits per heavy atom. The van der Waals surface area contributed by atoms with E-state index in [1.165, 1.54) is 11.1 Å². The molecule has 0 saturated carbocycles. The van der Waals surface area contributed by atoms with Crippen molar-refractivity contribution in [3.8, 4) is 0 Å². The topological polar surface area (TPSA) is 42.0 Å². The first-order chi connectivity index (χ1) is 14.8. The molecule has 2 aromatic carbocycles. The molecule has 1 fully saturated rings. The average Bonchev–Trinajstić information content (AvgIpc) is 2.80. The standard InChI is InChI=1S/C25H34N2O3/c1-2-29-24(28)14-16-27-19-17-26(18-20-27)15-9-21-30-25(22-10-5-3-6-11-22)23-12-7-4-8-13-23/h3-8,10-13,25H,2,9,14-21H2,1H3. The Hall–Kier alpha value is -2.21. The van der Waals surface area contributed by atoms with E-state index in [1.54, 1.807) is 0 Å². The van der Waals surface area contributed by atoms with E-state index in [-0.39, 0.29) is 12.1 Å². The summed E-state index contributed by atoms with van der Waals surface area (Å²) < 4.78 is 11.3. The minimum atomic E-state index is -0.0940. The third-order valence-corrected chi connectivity index (χ3v) is 5.51. The van der Waals surface area contributed by atoms with Gasteiger partial charge in [-0.2, -0.15) is 0 Å². The Balaban J connectivity index is 1.38. The van der Waals surface area contributed by atoms with Crippen LogP contribution in [0.25, 0.3) is 0 Å². The zero-order chi connectivity index (χ0) is 21.0. The van der Waals surface area contributed by atoms with Crippen molar-refractivity contribution in [2.45, 2.75) is 25.9 Å². The van der Waals surface area contributed by atoms with E-state index in [9.17, 15) is 4.79 Å². The van der Waals surface area contributed by atoms with Gasteiger partial charge in [-0.1, -0.05) is 60.7 Å². The van der Waals surface area contributed by atoms with E-state index >= 15 is 0 Å². The lowest BCUT2D eigenvalue weighted by Gasteiger charge is -2.34. The van der Waals surface area contributed by atoms with E-state index in [1.807, 2.05) is 19.1 Å². The summed E-state index contributed by atoms with van der Waals surface area (Å²) in [4.78, 5) is 16.4. The van der Waals surface area contributed by atoms with Gasteiger partial charge in [-0.15, -0.1) is 0 Å². The van der Waals surface area contributed by atoms with Crippen molar-refractivity contribution in [2.24, 2.45) is 0 Å². The monoisotopic (exact) mass is 410 g/mol. The molecule has 162 valence electrons. The van der Waals surface area contributed by atoms with Crippen LogP contribution in [0, 0.1) is 0 Å². The largest absolute Gasteiger partial charge is 0.466 e. The maximum Gasteiger partial charge on any atom is 0.307 e. The molecule has 1 saturated heterocycles. The van der Waals surface area contributed by atoms with Crippen LogP contribution in [0.4, 0.5) is 0 Å². The summed E-state index contributed by atoms with van der Waals surface area (Å²) >= 11 is 0. The predicted octanol–water partition coefficient (Wildman–Crippen LogP) is 3.75. The smallest absolute Gasteiger partial charge is 0.307 e. The lowest BCUT2D eigenvalue weighted by atomic mass is 10.0. The Morgan fingerprint density at radius 1 is 0.867 bits per heavy atom. The molecule has 5 nitrogen and oxygen atoms in total. The summed E-state index contributed by atoms with van der Waals surface area (Å²) in [6.45, 7) is 9.00. The molecular formula is C25H34N2O3. The van der Waals surface area contributed by atoms with Gasteiger partial charge in [0.05, 0.1) is 13.0 Å². The first-order valence-electron chi connectivity index (χ1n) is 11.1. The number of benzene rings is 2. The number of esters is 1. The predicted molar refractivity (Wildman–Crippen MR) is 119 cm³/mol. The van der Waals surface area contributed by atoms with E-state index in [2.05, 4.69) is 58.3 Å². The molecule has 0 N–H and O–H groups in total. The molecule has 0 unspecified atom stereocenters. The number of carbonyl (C=O) groups excluding carboxylic acids is 1. The Labute approximate surface area is 180 Å². The summed E-state index contributed by atoms with van der Waals surface area (Å²) in [5.41, 5.74) is 2.39. The van der Waals surface area contributed by atoms with Crippen molar-refractivity contribution in [1.29, 1.82) is 0 Å². The maximum atomic E-state index is 11.5. The van der Waals surface area contributed by atoms with Crippen LogP contribution in [-0.2, 0) is 14.3 Å². The van der Waals surface area contributed by atoms with Gasteiger partial charge < -0.3 is 19.3 Å². The van der Waals surface area contributed by atoms with Gasteiger partial charge in [-0.3, -0.25) is 4.79 Å². The molecule has 0 spiro atoms. The van der Waals surface area contributed by atoms with Crippen LogP contribution in [0.2, 0.25) is 0 Å². The van der Waals surface area contributed by atoms with Gasteiger partial charge in [0.15, 0.2) is 0 Å². The molecule has 1 aliphatic rings. The molecule has 1 aliphatic heterocycles. The first kappa shape index (κ1) is 22.5. The molecule has 1 heterocycles. The number of hydrogen-bond acceptors (Lipinski definition) is 5. The van der Waals surface area contributed by atoms with Gasteiger partial charge in [0.2, 0.25) is 0 Å². The second-order valence-electron chi connectivity index (χ2n) is 7.66. The molecule has 0 aliphatic carbocycles. The van der Waals surface area contributed by atoms with Crippen molar-refractivity contribution < 1.29 is 14.3 Å². The Kier molecular flexibility index (Phi) is 9.35. The molecule has 0 amide bonds. The van der Waals surface area contributed by atoms with Crippen molar-refractivity contribution in [2.75, 3.05) is 52.5 Å². The van der Waals surface area contributed by atoms with Gasteiger partial charge in [0.25, 0.3) is 0 Å². The molecule has 0 radical (unpaired) electrons. The number of nitrogens with zero attached hydrogens (tertiary/aromatic N) is 2. The molecule has 0 aromatic heterocycles. The fraction of sp³-hybridized carbons (Fsp3) is 0.480. The van der Waals surface area contributed by atoms with Crippen molar-refractivity contribution in [3.05, 3.63) is 71.8 Å². The summed E-state index contributed by atoms with van der Waals surface area (Å²) in [6, 6.07) is 20.9. The highest BCUT2D eigenvalue weighted by Crippen LogP contribution is 2.25. The maximum absolute atomic E-state index is 11.5. The second kappa shape index (κ2) is 12.5. The van der Waals surface area contributed by atoms with Gasteiger partial charge in [-0.05, 0) is 24.5 Å². The zero-order valence-corrected chi connectivity index (χ0v) is 18.0. The average molecular weight is 411 g/mol. The lowest BCUT2D eigenvalue weighted by molar-refractivity contribution is -0.143. The van der Waals surface area contributed by atoms with Gasteiger partial charge in [0, 0.05) is 45.9 Å². The number of carbonyl (C=O) groups is 1. The minimum absolute atomic E-state index is 0.0212. The van der Waals surface area contributed by atoms with E-state index in [0.717, 1.165) is 52.3 Å². The number of hydrogen-bond donors (Lipinski definition) is 0. The fourth-order valence-corrected chi connectivity index (χ4v) is 3.85. The third-order valence-electron chi connectivity index (χ3n) is 5.51. The number of ether oxygens (including phenoxy) is 2. The first-order valence-corrected chi connectivity index (χ1v) is 11.1. The van der Waals surface area contributed by atoms with Gasteiger partial charge in [0.1, 0.15) is 6.10 Å².